The summed E-state index contributed by atoms with van der Waals surface area (Å²) in [6.07, 6.45) is 2.66. The number of hydrogen-bond acceptors (Lipinski definition) is 6. The molecule has 1 atom stereocenters. The number of hydrogen-bond donors (Lipinski definition) is 2. The second-order valence-corrected chi connectivity index (χ2v) is 7.85. The molecular weight excluding hydrogens is 404 g/mol. The first kappa shape index (κ1) is 20.0. The smallest absolute Gasteiger partial charge is 0.254 e. The summed E-state index contributed by atoms with van der Waals surface area (Å²) in [6.45, 7) is 1.94. The Kier molecular flexibility index (Phi) is 5.41. The number of aromatic nitrogens is 4. The topological polar surface area (TPSA) is 96.0 Å². The zero-order valence-electron chi connectivity index (χ0n) is 17.8. The van der Waals surface area contributed by atoms with Crippen LogP contribution in [-0.4, -0.2) is 51.2 Å². The highest BCUT2D eigenvalue weighted by Gasteiger charge is 2.29. The van der Waals surface area contributed by atoms with Gasteiger partial charge in [-0.05, 0) is 48.9 Å². The van der Waals surface area contributed by atoms with Gasteiger partial charge < -0.3 is 15.0 Å². The van der Waals surface area contributed by atoms with Crippen LogP contribution in [-0.2, 0) is 6.54 Å². The Labute approximate surface area is 185 Å². The molecule has 1 fully saturated rings. The molecule has 1 aromatic carbocycles. The van der Waals surface area contributed by atoms with E-state index in [4.69, 9.17) is 9.72 Å². The number of likely N-dealkylation sites (tertiary alicyclic amines) is 1. The lowest BCUT2D eigenvalue weighted by Gasteiger charge is -2.17. The minimum atomic E-state index is 0.0232. The van der Waals surface area contributed by atoms with Crippen molar-refractivity contribution in [3.63, 3.8) is 0 Å². The van der Waals surface area contributed by atoms with E-state index in [1.165, 1.54) is 0 Å². The molecule has 4 heterocycles. The molecule has 1 amide bonds. The third kappa shape index (κ3) is 3.99. The Morgan fingerprint density at radius 3 is 3.00 bits per heavy atom. The Morgan fingerprint density at radius 2 is 2.16 bits per heavy atom. The molecule has 0 aliphatic carbocycles. The normalized spacial score (nSPS) is 15.8. The molecule has 32 heavy (non-hydrogen) atoms. The number of fused-ring (bicyclic) bond motifs is 1. The van der Waals surface area contributed by atoms with E-state index in [-0.39, 0.29) is 11.8 Å². The van der Waals surface area contributed by atoms with Gasteiger partial charge in [-0.25, -0.2) is 4.98 Å². The van der Waals surface area contributed by atoms with Gasteiger partial charge in [-0.2, -0.15) is 5.10 Å². The van der Waals surface area contributed by atoms with Crippen LogP contribution in [0.3, 0.4) is 0 Å². The first-order valence-electron chi connectivity index (χ1n) is 10.6. The van der Waals surface area contributed by atoms with E-state index in [0.717, 1.165) is 34.7 Å². The predicted octanol–water partition coefficient (Wildman–Crippen LogP) is 3.60. The van der Waals surface area contributed by atoms with Crippen molar-refractivity contribution in [1.82, 2.24) is 25.1 Å². The van der Waals surface area contributed by atoms with Gasteiger partial charge in [-0.15, -0.1) is 0 Å². The molecule has 0 saturated carbocycles. The number of pyridine rings is 2. The van der Waals surface area contributed by atoms with E-state index in [0.29, 0.717) is 30.9 Å². The summed E-state index contributed by atoms with van der Waals surface area (Å²) in [4.78, 5) is 23.9. The second-order valence-electron chi connectivity index (χ2n) is 7.85. The number of anilines is 1. The first-order valence-corrected chi connectivity index (χ1v) is 10.6. The van der Waals surface area contributed by atoms with Gasteiger partial charge in [0.05, 0.1) is 24.7 Å². The summed E-state index contributed by atoms with van der Waals surface area (Å²) in [5, 5.41) is 11.6. The van der Waals surface area contributed by atoms with Crippen LogP contribution in [0.15, 0.2) is 60.8 Å². The Bertz CT molecular complexity index is 1240. The third-order valence-corrected chi connectivity index (χ3v) is 5.82. The Hall–Kier alpha value is -3.94. The molecule has 3 aromatic heterocycles. The van der Waals surface area contributed by atoms with Gasteiger partial charge in [0.1, 0.15) is 5.75 Å². The summed E-state index contributed by atoms with van der Waals surface area (Å²) in [6, 6.07) is 17.2. The fraction of sp³-hybridized carbons (Fsp3) is 0.250. The molecule has 0 bridgehead atoms. The zero-order valence-corrected chi connectivity index (χ0v) is 17.8. The summed E-state index contributed by atoms with van der Waals surface area (Å²) in [7, 11) is 1.60. The lowest BCUT2D eigenvalue weighted by atomic mass is 10.0. The number of carbonyl (C=O) groups excluding carboxylic acids is 1. The molecule has 0 spiro atoms. The predicted molar refractivity (Wildman–Crippen MR) is 122 cm³/mol. The van der Waals surface area contributed by atoms with Crippen LogP contribution in [0.1, 0.15) is 34.1 Å². The van der Waals surface area contributed by atoms with E-state index in [1.807, 2.05) is 53.4 Å². The highest BCUT2D eigenvalue weighted by Crippen LogP contribution is 2.29. The monoisotopic (exact) mass is 428 g/mol. The maximum absolute atomic E-state index is 12.9. The molecule has 8 heteroatoms. The second kappa shape index (κ2) is 8.66. The Morgan fingerprint density at radius 1 is 1.22 bits per heavy atom. The lowest BCUT2D eigenvalue weighted by Crippen LogP contribution is -2.28. The standard InChI is InChI=1S/C24H24N6O2/c1-32-19-7-4-5-16(13-19)24(31)30-12-10-17(15-30)21-9-8-20-22(28-29-23(20)27-21)26-14-18-6-2-3-11-25-18/h2-9,11,13,17H,10,12,14-15H2,1H3,(H2,26,27,28,29). The van der Waals surface area contributed by atoms with Crippen molar-refractivity contribution in [2.75, 3.05) is 25.5 Å². The van der Waals surface area contributed by atoms with Crippen LogP contribution in [0, 0.1) is 0 Å². The van der Waals surface area contributed by atoms with E-state index in [1.54, 1.807) is 19.4 Å². The number of H-pyrrole nitrogens is 1. The van der Waals surface area contributed by atoms with Gasteiger partial charge in [0, 0.05) is 36.5 Å². The number of aromatic amines is 1. The molecule has 4 aromatic rings. The third-order valence-electron chi connectivity index (χ3n) is 5.82. The van der Waals surface area contributed by atoms with Crippen LogP contribution in [0.25, 0.3) is 11.0 Å². The summed E-state index contributed by atoms with van der Waals surface area (Å²) < 4.78 is 5.24. The highest BCUT2D eigenvalue weighted by molar-refractivity contribution is 5.95. The van der Waals surface area contributed by atoms with E-state index in [9.17, 15) is 4.79 Å². The molecule has 8 nitrogen and oxygen atoms in total. The largest absolute Gasteiger partial charge is 0.497 e. The number of nitrogens with zero attached hydrogens (tertiary/aromatic N) is 4. The summed E-state index contributed by atoms with van der Waals surface area (Å²) in [5.41, 5.74) is 3.30. The highest BCUT2D eigenvalue weighted by atomic mass is 16.5. The molecule has 2 N–H and O–H groups in total. The fourth-order valence-corrected chi connectivity index (χ4v) is 4.08. The maximum atomic E-state index is 12.9. The molecule has 162 valence electrons. The van der Waals surface area contributed by atoms with Gasteiger partial charge in [0.25, 0.3) is 5.91 Å². The van der Waals surface area contributed by atoms with Crippen molar-refractivity contribution in [3.8, 4) is 5.75 Å². The number of rotatable bonds is 6. The number of amides is 1. The summed E-state index contributed by atoms with van der Waals surface area (Å²) >= 11 is 0. The van der Waals surface area contributed by atoms with Crippen molar-refractivity contribution in [2.45, 2.75) is 18.9 Å². The number of carbonyl (C=O) groups is 1. The SMILES string of the molecule is COc1cccc(C(=O)N2CCC(c3ccc4c(NCc5ccccn5)n[nH]c4n3)C2)c1. The molecule has 1 saturated heterocycles. The molecular formula is C24H24N6O2. The fourth-order valence-electron chi connectivity index (χ4n) is 4.08. The van der Waals surface area contributed by atoms with Crippen molar-refractivity contribution >= 4 is 22.8 Å². The first-order chi connectivity index (χ1) is 15.7. The van der Waals surface area contributed by atoms with Gasteiger partial charge in [0.15, 0.2) is 11.5 Å². The summed E-state index contributed by atoms with van der Waals surface area (Å²) in [5.74, 6) is 1.66. The molecule has 0 radical (unpaired) electrons. The number of nitrogens with one attached hydrogen (secondary N) is 2. The van der Waals surface area contributed by atoms with Crippen molar-refractivity contribution in [1.29, 1.82) is 0 Å². The van der Waals surface area contributed by atoms with Crippen LogP contribution in [0.4, 0.5) is 5.82 Å². The molecule has 5 rings (SSSR count). The molecule has 1 unspecified atom stereocenters. The Balaban J connectivity index is 1.27. The van der Waals surface area contributed by atoms with Gasteiger partial charge in [-0.1, -0.05) is 12.1 Å². The van der Waals surface area contributed by atoms with Crippen LogP contribution < -0.4 is 10.1 Å². The zero-order chi connectivity index (χ0) is 21.9. The van der Waals surface area contributed by atoms with E-state index in [2.05, 4.69) is 20.5 Å². The van der Waals surface area contributed by atoms with E-state index < -0.39 is 0 Å². The van der Waals surface area contributed by atoms with Gasteiger partial charge >= 0.3 is 0 Å². The number of benzene rings is 1. The lowest BCUT2D eigenvalue weighted by molar-refractivity contribution is 0.0790. The molecule has 1 aliphatic heterocycles. The van der Waals surface area contributed by atoms with Gasteiger partial charge in [-0.3, -0.25) is 14.9 Å². The van der Waals surface area contributed by atoms with Crippen molar-refractivity contribution < 1.29 is 9.53 Å². The average Bonchev–Trinajstić information content (AvgIpc) is 3.50. The van der Waals surface area contributed by atoms with Crippen LogP contribution in [0.5, 0.6) is 5.75 Å². The number of methoxy groups -OCH3 is 1. The van der Waals surface area contributed by atoms with Crippen LogP contribution in [0.2, 0.25) is 0 Å². The van der Waals surface area contributed by atoms with Crippen molar-refractivity contribution in [2.24, 2.45) is 0 Å². The molecule has 1 aliphatic rings. The average molecular weight is 428 g/mol. The number of ether oxygens (including phenoxy) is 1. The van der Waals surface area contributed by atoms with Gasteiger partial charge in [0.2, 0.25) is 0 Å². The maximum Gasteiger partial charge on any atom is 0.254 e. The minimum absolute atomic E-state index is 0.0232. The van der Waals surface area contributed by atoms with Crippen LogP contribution >= 0.6 is 0 Å². The van der Waals surface area contributed by atoms with E-state index >= 15 is 0 Å². The minimum Gasteiger partial charge on any atom is -0.497 e. The quantitative estimate of drug-likeness (QED) is 0.487. The van der Waals surface area contributed by atoms with Crippen molar-refractivity contribution in [3.05, 3.63) is 77.7 Å².